The number of hydrogen-bond acceptors (Lipinski definition) is 4. The van der Waals surface area contributed by atoms with Crippen LogP contribution in [0.1, 0.15) is 111 Å². The van der Waals surface area contributed by atoms with Gasteiger partial charge in [0.2, 0.25) is 0 Å². The summed E-state index contributed by atoms with van der Waals surface area (Å²) < 4.78 is 10.8. The lowest BCUT2D eigenvalue weighted by molar-refractivity contribution is -0.157. The van der Waals surface area contributed by atoms with E-state index in [2.05, 4.69) is 13.8 Å². The molecule has 0 N–H and O–H groups in total. The minimum Gasteiger partial charge on any atom is -0.465 e. The number of carbonyl (C=O) groups is 2. The Hall–Kier alpha value is -1.06. The summed E-state index contributed by atoms with van der Waals surface area (Å²) in [5.41, 5.74) is 0. The molecule has 28 heavy (non-hydrogen) atoms. The first-order valence-electron chi connectivity index (χ1n) is 11.8. The van der Waals surface area contributed by atoms with Gasteiger partial charge < -0.3 is 9.47 Å². The zero-order valence-corrected chi connectivity index (χ0v) is 18.8. The number of carbonyl (C=O) groups excluding carboxylic acids is 2. The molecule has 2 unspecified atom stereocenters. The van der Waals surface area contributed by atoms with Crippen molar-refractivity contribution in [3.8, 4) is 0 Å². The third kappa shape index (κ3) is 11.7. The third-order valence-corrected chi connectivity index (χ3v) is 5.61. The summed E-state index contributed by atoms with van der Waals surface area (Å²) in [6.07, 6.45) is 14.4. The van der Waals surface area contributed by atoms with Gasteiger partial charge in [-0.1, -0.05) is 71.6 Å². The van der Waals surface area contributed by atoms with Crippen molar-refractivity contribution in [2.75, 3.05) is 6.61 Å². The Balaban J connectivity index is 2.03. The smallest absolute Gasteiger partial charge is 0.309 e. The first-order chi connectivity index (χ1) is 13.4. The predicted molar refractivity (Wildman–Crippen MR) is 114 cm³/mol. The van der Waals surface area contributed by atoms with Gasteiger partial charge in [-0.15, -0.1) is 0 Å². The zero-order valence-electron chi connectivity index (χ0n) is 18.8. The van der Waals surface area contributed by atoms with Crippen LogP contribution < -0.4 is 0 Å². The van der Waals surface area contributed by atoms with E-state index in [0.717, 1.165) is 38.0 Å². The standard InChI is InChI=1S/C24H44O4/c1-19(2)14-11-9-7-5-6-8-10-12-17-27-23(25)21-15-13-16-22(18-21)24(26)28-20(3)4/h19-22H,5-18H2,1-4H3. The van der Waals surface area contributed by atoms with Crippen LogP contribution in [0.25, 0.3) is 0 Å². The highest BCUT2D eigenvalue weighted by Gasteiger charge is 2.33. The molecule has 0 amide bonds. The van der Waals surface area contributed by atoms with Crippen LogP contribution in [-0.4, -0.2) is 24.6 Å². The Morgan fingerprint density at radius 2 is 1.32 bits per heavy atom. The van der Waals surface area contributed by atoms with Crippen LogP contribution in [0.2, 0.25) is 0 Å². The summed E-state index contributed by atoms with van der Waals surface area (Å²) in [6, 6.07) is 0. The Morgan fingerprint density at radius 1 is 0.786 bits per heavy atom. The van der Waals surface area contributed by atoms with Gasteiger partial charge >= 0.3 is 11.9 Å². The summed E-state index contributed by atoms with van der Waals surface area (Å²) in [7, 11) is 0. The molecular formula is C24H44O4. The van der Waals surface area contributed by atoms with Crippen LogP contribution >= 0.6 is 0 Å². The van der Waals surface area contributed by atoms with Gasteiger partial charge in [0, 0.05) is 0 Å². The molecule has 0 aromatic rings. The second-order valence-electron chi connectivity index (χ2n) is 9.22. The van der Waals surface area contributed by atoms with Gasteiger partial charge in [0.15, 0.2) is 0 Å². The lowest BCUT2D eigenvalue weighted by Crippen LogP contribution is -2.30. The Labute approximate surface area is 173 Å². The number of unbranched alkanes of at least 4 members (excludes halogenated alkanes) is 7. The van der Waals surface area contributed by atoms with Crippen LogP contribution in [-0.2, 0) is 19.1 Å². The van der Waals surface area contributed by atoms with Crippen molar-refractivity contribution < 1.29 is 19.1 Å². The van der Waals surface area contributed by atoms with Gasteiger partial charge in [-0.05, 0) is 45.4 Å². The normalized spacial score (nSPS) is 19.8. The first-order valence-corrected chi connectivity index (χ1v) is 11.8. The predicted octanol–water partition coefficient (Wildman–Crippen LogP) is 6.45. The van der Waals surface area contributed by atoms with Crippen molar-refractivity contribution in [1.82, 2.24) is 0 Å². The third-order valence-electron chi connectivity index (χ3n) is 5.61. The molecule has 0 aromatic carbocycles. The number of rotatable bonds is 14. The summed E-state index contributed by atoms with van der Waals surface area (Å²) in [6.45, 7) is 8.82. The maximum absolute atomic E-state index is 12.3. The fourth-order valence-corrected chi connectivity index (χ4v) is 3.95. The molecule has 4 heteroatoms. The van der Waals surface area contributed by atoms with Crippen molar-refractivity contribution in [1.29, 1.82) is 0 Å². The molecule has 0 saturated heterocycles. The van der Waals surface area contributed by atoms with E-state index in [1.807, 2.05) is 13.8 Å². The van der Waals surface area contributed by atoms with Crippen molar-refractivity contribution >= 4 is 11.9 Å². The lowest BCUT2D eigenvalue weighted by atomic mass is 9.81. The monoisotopic (exact) mass is 396 g/mol. The van der Waals surface area contributed by atoms with Gasteiger partial charge in [-0.3, -0.25) is 9.59 Å². The number of hydrogen-bond donors (Lipinski definition) is 0. The van der Waals surface area contributed by atoms with Crippen LogP contribution in [0.15, 0.2) is 0 Å². The van der Waals surface area contributed by atoms with E-state index in [1.165, 1.54) is 44.9 Å². The van der Waals surface area contributed by atoms with Gasteiger partial charge in [-0.2, -0.15) is 0 Å². The molecule has 1 aliphatic carbocycles. The van der Waals surface area contributed by atoms with Gasteiger partial charge in [-0.25, -0.2) is 0 Å². The molecule has 0 aliphatic heterocycles. The maximum atomic E-state index is 12.3. The zero-order chi connectivity index (χ0) is 20.8. The molecule has 4 nitrogen and oxygen atoms in total. The minimum absolute atomic E-state index is 0.0973. The topological polar surface area (TPSA) is 52.6 Å². The summed E-state index contributed by atoms with van der Waals surface area (Å²) in [5, 5.41) is 0. The summed E-state index contributed by atoms with van der Waals surface area (Å²) >= 11 is 0. The molecule has 164 valence electrons. The Bertz CT molecular complexity index is 430. The fraction of sp³-hybridized carbons (Fsp3) is 0.917. The van der Waals surface area contributed by atoms with Crippen LogP contribution in [0, 0.1) is 17.8 Å². The molecule has 0 heterocycles. The SMILES string of the molecule is CC(C)CCCCCCCCCCOC(=O)C1CCCC(C(=O)OC(C)C)C1. The minimum atomic E-state index is -0.156. The molecule has 1 saturated carbocycles. The van der Waals surface area contributed by atoms with Gasteiger partial charge in [0.05, 0.1) is 24.5 Å². The molecule has 0 spiro atoms. The average molecular weight is 397 g/mol. The molecule has 1 fully saturated rings. The molecular weight excluding hydrogens is 352 g/mol. The van der Waals surface area contributed by atoms with Gasteiger partial charge in [0.1, 0.15) is 0 Å². The molecule has 1 rings (SSSR count). The van der Waals surface area contributed by atoms with E-state index in [9.17, 15) is 9.59 Å². The highest BCUT2D eigenvalue weighted by molar-refractivity contribution is 5.76. The van der Waals surface area contributed by atoms with E-state index in [0.29, 0.717) is 13.0 Å². The van der Waals surface area contributed by atoms with E-state index in [1.54, 1.807) is 0 Å². The van der Waals surface area contributed by atoms with Crippen molar-refractivity contribution in [2.45, 2.75) is 117 Å². The fourth-order valence-electron chi connectivity index (χ4n) is 3.95. The number of ether oxygens (including phenoxy) is 2. The number of esters is 2. The van der Waals surface area contributed by atoms with E-state index in [4.69, 9.17) is 9.47 Å². The van der Waals surface area contributed by atoms with Crippen molar-refractivity contribution in [3.63, 3.8) is 0 Å². The second-order valence-corrected chi connectivity index (χ2v) is 9.22. The Morgan fingerprint density at radius 3 is 1.89 bits per heavy atom. The summed E-state index contributed by atoms with van der Waals surface area (Å²) in [4.78, 5) is 24.4. The van der Waals surface area contributed by atoms with Gasteiger partial charge in [0.25, 0.3) is 0 Å². The van der Waals surface area contributed by atoms with Crippen molar-refractivity contribution in [2.24, 2.45) is 17.8 Å². The maximum Gasteiger partial charge on any atom is 0.309 e. The van der Waals surface area contributed by atoms with Crippen molar-refractivity contribution in [3.05, 3.63) is 0 Å². The molecule has 0 radical (unpaired) electrons. The van der Waals surface area contributed by atoms with Crippen LogP contribution in [0.5, 0.6) is 0 Å². The molecule has 0 bridgehead atoms. The lowest BCUT2D eigenvalue weighted by Gasteiger charge is -2.27. The Kier molecular flexibility index (Phi) is 13.3. The molecule has 2 atom stereocenters. The highest BCUT2D eigenvalue weighted by atomic mass is 16.5. The van der Waals surface area contributed by atoms with Crippen LogP contribution in [0.3, 0.4) is 0 Å². The quantitative estimate of drug-likeness (QED) is 0.250. The summed E-state index contributed by atoms with van der Waals surface area (Å²) in [5.74, 6) is 0.276. The average Bonchev–Trinajstić information content (AvgIpc) is 2.65. The first kappa shape index (κ1) is 25.0. The molecule has 1 aliphatic rings. The van der Waals surface area contributed by atoms with Crippen LogP contribution in [0.4, 0.5) is 0 Å². The second kappa shape index (κ2) is 14.9. The largest absolute Gasteiger partial charge is 0.465 e. The van der Waals surface area contributed by atoms with E-state index >= 15 is 0 Å². The van der Waals surface area contributed by atoms with E-state index in [-0.39, 0.29) is 29.9 Å². The highest BCUT2D eigenvalue weighted by Crippen LogP contribution is 2.31. The molecule has 0 aromatic heterocycles. The van der Waals surface area contributed by atoms with E-state index < -0.39 is 0 Å².